The summed E-state index contributed by atoms with van der Waals surface area (Å²) in [6.45, 7) is 1.54. The Labute approximate surface area is 192 Å². The van der Waals surface area contributed by atoms with E-state index in [1.165, 1.54) is 11.1 Å². The Morgan fingerprint density at radius 2 is 1.94 bits per heavy atom. The number of para-hydroxylation sites is 1. The number of aromatic amines is 1. The van der Waals surface area contributed by atoms with Crippen LogP contribution in [0, 0.1) is 11.3 Å². The second-order valence-electron chi connectivity index (χ2n) is 8.00. The van der Waals surface area contributed by atoms with Crippen molar-refractivity contribution in [3.63, 3.8) is 0 Å². The summed E-state index contributed by atoms with van der Waals surface area (Å²) < 4.78 is 0. The fourth-order valence-electron chi connectivity index (χ4n) is 4.28. The van der Waals surface area contributed by atoms with Crippen molar-refractivity contribution < 1.29 is 0 Å². The SMILES string of the molecule is N#Cc1cccc2c1N[C@@H]([C@H](NCCc1cccc(-c3nn[nH]n3)c1)c1ccccc1)CN2. The lowest BCUT2D eigenvalue weighted by Gasteiger charge is -2.35. The highest BCUT2D eigenvalue weighted by Gasteiger charge is 2.27. The van der Waals surface area contributed by atoms with Crippen LogP contribution in [0.25, 0.3) is 11.4 Å². The van der Waals surface area contributed by atoms with Gasteiger partial charge in [-0.25, -0.2) is 0 Å². The van der Waals surface area contributed by atoms with Gasteiger partial charge in [0.2, 0.25) is 5.82 Å². The van der Waals surface area contributed by atoms with E-state index in [0.29, 0.717) is 11.4 Å². The molecule has 0 fully saturated rings. The molecule has 0 saturated heterocycles. The average Bonchev–Trinajstić information content (AvgIpc) is 3.42. The zero-order valence-corrected chi connectivity index (χ0v) is 18.0. The molecule has 4 N–H and O–H groups in total. The van der Waals surface area contributed by atoms with Gasteiger partial charge in [0.15, 0.2) is 0 Å². The topological polar surface area (TPSA) is 114 Å². The average molecular weight is 437 g/mol. The van der Waals surface area contributed by atoms with Gasteiger partial charge in [0.25, 0.3) is 0 Å². The summed E-state index contributed by atoms with van der Waals surface area (Å²) in [6.07, 6.45) is 0.856. The molecular weight excluding hydrogens is 412 g/mol. The number of fused-ring (bicyclic) bond motifs is 1. The van der Waals surface area contributed by atoms with Crippen LogP contribution in [0.3, 0.4) is 0 Å². The Kier molecular flexibility index (Phi) is 5.95. The van der Waals surface area contributed by atoms with E-state index in [1.807, 2.05) is 36.4 Å². The van der Waals surface area contributed by atoms with Crippen molar-refractivity contribution in [2.75, 3.05) is 23.7 Å². The fourth-order valence-corrected chi connectivity index (χ4v) is 4.28. The van der Waals surface area contributed by atoms with E-state index in [2.05, 4.69) is 79.0 Å². The quantitative estimate of drug-likeness (QED) is 0.350. The molecule has 8 nitrogen and oxygen atoms in total. The molecular formula is C25H24N8. The smallest absolute Gasteiger partial charge is 0.204 e. The summed E-state index contributed by atoms with van der Waals surface area (Å²) in [5.74, 6) is 0.594. The number of nitriles is 1. The van der Waals surface area contributed by atoms with Gasteiger partial charge in [-0.05, 0) is 47.5 Å². The van der Waals surface area contributed by atoms with Gasteiger partial charge in [-0.1, -0.05) is 54.6 Å². The Balaban J connectivity index is 1.32. The molecule has 5 rings (SSSR count). The van der Waals surface area contributed by atoms with Gasteiger partial charge in [0.1, 0.15) is 6.07 Å². The summed E-state index contributed by atoms with van der Waals surface area (Å²) in [5, 5.41) is 34.7. The highest BCUT2D eigenvalue weighted by Crippen LogP contribution is 2.33. The molecule has 1 aliphatic rings. The first-order valence-electron chi connectivity index (χ1n) is 11.0. The summed E-state index contributed by atoms with van der Waals surface area (Å²) in [7, 11) is 0. The van der Waals surface area contributed by atoms with Crippen LogP contribution in [0.4, 0.5) is 11.4 Å². The van der Waals surface area contributed by atoms with Gasteiger partial charge in [0, 0.05) is 12.1 Å². The molecule has 0 bridgehead atoms. The third-order valence-corrected chi connectivity index (χ3v) is 5.90. The molecule has 0 radical (unpaired) electrons. The molecule has 8 heteroatoms. The van der Waals surface area contributed by atoms with Gasteiger partial charge >= 0.3 is 0 Å². The van der Waals surface area contributed by atoms with Crippen LogP contribution in [-0.2, 0) is 6.42 Å². The van der Waals surface area contributed by atoms with Crippen molar-refractivity contribution in [1.29, 1.82) is 5.26 Å². The Hall–Kier alpha value is -4.22. The maximum absolute atomic E-state index is 9.55. The highest BCUT2D eigenvalue weighted by molar-refractivity contribution is 5.77. The van der Waals surface area contributed by atoms with E-state index in [4.69, 9.17) is 0 Å². The molecule has 0 amide bonds. The van der Waals surface area contributed by atoms with Crippen LogP contribution in [0.1, 0.15) is 22.7 Å². The van der Waals surface area contributed by atoms with Gasteiger partial charge in [-0.2, -0.15) is 10.5 Å². The predicted octanol–water partition coefficient (Wildman–Crippen LogP) is 3.52. The number of rotatable bonds is 7. The van der Waals surface area contributed by atoms with Crippen molar-refractivity contribution in [2.45, 2.75) is 18.5 Å². The minimum Gasteiger partial charge on any atom is -0.381 e. The minimum atomic E-state index is 0.0685. The fraction of sp³-hybridized carbons (Fsp3) is 0.200. The first-order chi connectivity index (χ1) is 16.3. The maximum atomic E-state index is 9.55. The van der Waals surface area contributed by atoms with Crippen molar-refractivity contribution in [3.05, 3.63) is 89.5 Å². The third-order valence-electron chi connectivity index (χ3n) is 5.90. The van der Waals surface area contributed by atoms with Gasteiger partial charge < -0.3 is 16.0 Å². The van der Waals surface area contributed by atoms with Crippen LogP contribution in [0.15, 0.2) is 72.8 Å². The zero-order valence-electron chi connectivity index (χ0n) is 18.0. The number of nitrogens with one attached hydrogen (secondary N) is 4. The van der Waals surface area contributed by atoms with Gasteiger partial charge in [-0.3, -0.25) is 0 Å². The predicted molar refractivity (Wildman–Crippen MR) is 128 cm³/mol. The Bertz CT molecular complexity index is 1250. The Morgan fingerprint density at radius 3 is 2.76 bits per heavy atom. The summed E-state index contributed by atoms with van der Waals surface area (Å²) in [4.78, 5) is 0. The van der Waals surface area contributed by atoms with Gasteiger partial charge in [-0.15, -0.1) is 10.2 Å². The van der Waals surface area contributed by atoms with Crippen molar-refractivity contribution >= 4 is 11.4 Å². The summed E-state index contributed by atoms with van der Waals surface area (Å²) in [6, 6.07) is 26.8. The van der Waals surface area contributed by atoms with Gasteiger partial charge in [0.05, 0.1) is 29.0 Å². The van der Waals surface area contributed by atoms with Crippen molar-refractivity contribution in [2.24, 2.45) is 0 Å². The molecule has 3 aromatic carbocycles. The summed E-state index contributed by atoms with van der Waals surface area (Å²) >= 11 is 0. The first kappa shape index (κ1) is 20.7. The second-order valence-corrected chi connectivity index (χ2v) is 8.00. The lowest BCUT2D eigenvalue weighted by Crippen LogP contribution is -2.44. The van der Waals surface area contributed by atoms with E-state index in [-0.39, 0.29) is 12.1 Å². The molecule has 164 valence electrons. The number of benzene rings is 3. The van der Waals surface area contributed by atoms with E-state index < -0.39 is 0 Å². The van der Waals surface area contributed by atoms with Crippen LogP contribution in [0.5, 0.6) is 0 Å². The van der Waals surface area contributed by atoms with Crippen LogP contribution >= 0.6 is 0 Å². The number of nitrogens with zero attached hydrogens (tertiary/aromatic N) is 4. The van der Waals surface area contributed by atoms with Crippen molar-refractivity contribution in [1.82, 2.24) is 25.9 Å². The molecule has 0 aliphatic carbocycles. The number of anilines is 2. The third kappa shape index (κ3) is 4.54. The molecule has 0 saturated carbocycles. The summed E-state index contributed by atoms with van der Waals surface area (Å²) in [5.41, 5.74) is 5.83. The molecule has 0 unspecified atom stereocenters. The largest absolute Gasteiger partial charge is 0.381 e. The lowest BCUT2D eigenvalue weighted by atomic mass is 9.96. The van der Waals surface area contributed by atoms with Crippen LogP contribution in [-0.4, -0.2) is 39.8 Å². The number of tetrazole rings is 1. The monoisotopic (exact) mass is 436 g/mol. The molecule has 1 aromatic heterocycles. The number of aromatic nitrogens is 4. The zero-order chi connectivity index (χ0) is 22.5. The molecule has 0 spiro atoms. The van der Waals surface area contributed by atoms with E-state index in [9.17, 15) is 5.26 Å². The second kappa shape index (κ2) is 9.51. The normalized spacial score (nSPS) is 15.5. The number of hydrogen-bond donors (Lipinski definition) is 4. The molecule has 2 atom stereocenters. The molecule has 2 heterocycles. The van der Waals surface area contributed by atoms with Crippen molar-refractivity contribution in [3.8, 4) is 17.5 Å². The Morgan fingerprint density at radius 1 is 1.06 bits per heavy atom. The lowest BCUT2D eigenvalue weighted by molar-refractivity contribution is 0.473. The molecule has 4 aromatic rings. The highest BCUT2D eigenvalue weighted by atomic mass is 15.5. The molecule has 33 heavy (non-hydrogen) atoms. The molecule has 1 aliphatic heterocycles. The standard InChI is InChI=1S/C25H24N8/c26-15-20-10-5-11-21-24(20)29-22(16-28-21)23(18-7-2-1-3-8-18)27-13-12-17-6-4-9-19(14-17)25-30-32-33-31-25/h1-11,14,22-23,27-29H,12-13,16H2,(H,30,31,32,33)/t22-,23-/m1/s1. The maximum Gasteiger partial charge on any atom is 0.204 e. The van der Waals surface area contributed by atoms with E-state index >= 15 is 0 Å². The van der Waals surface area contributed by atoms with Crippen LogP contribution in [0.2, 0.25) is 0 Å². The van der Waals surface area contributed by atoms with E-state index in [1.54, 1.807) is 0 Å². The first-order valence-corrected chi connectivity index (χ1v) is 11.0. The number of H-pyrrole nitrogens is 1. The van der Waals surface area contributed by atoms with Crippen LogP contribution < -0.4 is 16.0 Å². The minimum absolute atomic E-state index is 0.0685. The number of hydrogen-bond acceptors (Lipinski definition) is 7. The van der Waals surface area contributed by atoms with E-state index in [0.717, 1.165) is 36.4 Å².